The standard InChI is InChI=1S/C18H22O3Si2/c1-22(2,17-9-5-15(13-19)6-10-17)21-23(3,4)18-11-7-16(14-20)8-12-18/h5-14H,1-4H3. The van der Waals surface area contributed by atoms with Gasteiger partial charge in [-0.2, -0.15) is 0 Å². The number of carbonyl (C=O) groups is 2. The van der Waals surface area contributed by atoms with Crippen LogP contribution in [0.15, 0.2) is 48.5 Å². The summed E-state index contributed by atoms with van der Waals surface area (Å²) in [6, 6.07) is 15.3. The van der Waals surface area contributed by atoms with E-state index in [2.05, 4.69) is 26.2 Å². The highest BCUT2D eigenvalue weighted by atomic mass is 28.4. The maximum atomic E-state index is 10.8. The third kappa shape index (κ3) is 4.13. The third-order valence-corrected chi connectivity index (χ3v) is 11.5. The van der Waals surface area contributed by atoms with Gasteiger partial charge in [0.25, 0.3) is 0 Å². The zero-order valence-corrected chi connectivity index (χ0v) is 16.0. The van der Waals surface area contributed by atoms with Gasteiger partial charge in [-0.15, -0.1) is 0 Å². The number of benzene rings is 2. The number of carbonyl (C=O) groups excluding carboxylic acids is 2. The molecule has 2 rings (SSSR count). The monoisotopic (exact) mass is 342 g/mol. The van der Waals surface area contributed by atoms with Crippen molar-refractivity contribution in [3.05, 3.63) is 59.7 Å². The second-order valence-corrected chi connectivity index (χ2v) is 14.6. The van der Waals surface area contributed by atoms with Crippen LogP contribution < -0.4 is 10.4 Å². The highest BCUT2D eigenvalue weighted by Gasteiger charge is 2.35. The average Bonchev–Trinajstić information content (AvgIpc) is 2.54. The molecule has 0 aliphatic carbocycles. The molecule has 0 heterocycles. The van der Waals surface area contributed by atoms with Gasteiger partial charge in [0.05, 0.1) is 0 Å². The first-order valence-corrected chi connectivity index (χ1v) is 13.4. The van der Waals surface area contributed by atoms with Crippen LogP contribution in [0.25, 0.3) is 0 Å². The first kappa shape index (κ1) is 17.5. The van der Waals surface area contributed by atoms with Gasteiger partial charge in [-0.1, -0.05) is 48.5 Å². The quantitative estimate of drug-likeness (QED) is 0.599. The topological polar surface area (TPSA) is 43.4 Å². The predicted molar refractivity (Wildman–Crippen MR) is 99.0 cm³/mol. The molecule has 0 saturated heterocycles. The van der Waals surface area contributed by atoms with Crippen LogP contribution in [0.2, 0.25) is 26.2 Å². The van der Waals surface area contributed by atoms with Crippen LogP contribution in [0.1, 0.15) is 20.7 Å². The molecular formula is C18H22O3Si2. The van der Waals surface area contributed by atoms with Gasteiger partial charge in [0, 0.05) is 11.1 Å². The Labute approximate surface area is 139 Å². The molecule has 0 aliphatic heterocycles. The molecule has 0 amide bonds. The predicted octanol–water partition coefficient (Wildman–Crippen LogP) is 2.85. The van der Waals surface area contributed by atoms with Gasteiger partial charge >= 0.3 is 0 Å². The minimum atomic E-state index is -2.08. The Kier molecular flexibility index (Phi) is 5.14. The highest BCUT2D eigenvalue weighted by molar-refractivity contribution is 6.96. The molecule has 23 heavy (non-hydrogen) atoms. The van der Waals surface area contributed by atoms with Gasteiger partial charge in [0.2, 0.25) is 16.6 Å². The van der Waals surface area contributed by atoms with E-state index in [0.29, 0.717) is 11.1 Å². The maximum Gasteiger partial charge on any atom is 0.206 e. The van der Waals surface area contributed by atoms with E-state index in [4.69, 9.17) is 4.12 Å². The van der Waals surface area contributed by atoms with E-state index >= 15 is 0 Å². The van der Waals surface area contributed by atoms with E-state index < -0.39 is 16.6 Å². The molecule has 3 nitrogen and oxygen atoms in total. The first-order chi connectivity index (χ1) is 10.8. The van der Waals surface area contributed by atoms with Crippen molar-refractivity contribution in [2.24, 2.45) is 0 Å². The molecule has 5 heteroatoms. The van der Waals surface area contributed by atoms with Crippen LogP contribution in [0, 0.1) is 0 Å². The molecule has 0 atom stereocenters. The van der Waals surface area contributed by atoms with Gasteiger partial charge in [-0.05, 0) is 36.6 Å². The van der Waals surface area contributed by atoms with Crippen molar-refractivity contribution >= 4 is 39.6 Å². The Balaban J connectivity index is 2.25. The molecular weight excluding hydrogens is 320 g/mol. The highest BCUT2D eigenvalue weighted by Crippen LogP contribution is 2.15. The zero-order valence-electron chi connectivity index (χ0n) is 14.0. The Morgan fingerprint density at radius 2 is 0.957 bits per heavy atom. The van der Waals surface area contributed by atoms with Crippen molar-refractivity contribution in [2.75, 3.05) is 0 Å². The summed E-state index contributed by atoms with van der Waals surface area (Å²) in [5, 5.41) is 2.35. The Hall–Kier alpha value is -1.83. The molecule has 0 saturated carbocycles. The molecule has 2 aromatic carbocycles. The molecule has 0 bridgehead atoms. The van der Waals surface area contributed by atoms with Crippen LogP contribution in [0.5, 0.6) is 0 Å². The summed E-state index contributed by atoms with van der Waals surface area (Å²) >= 11 is 0. The Morgan fingerprint density at radius 1 is 0.652 bits per heavy atom. The van der Waals surface area contributed by atoms with Crippen LogP contribution in [0.3, 0.4) is 0 Å². The van der Waals surface area contributed by atoms with Crippen molar-refractivity contribution in [1.82, 2.24) is 0 Å². The average molecular weight is 343 g/mol. The van der Waals surface area contributed by atoms with E-state index in [-0.39, 0.29) is 0 Å². The molecule has 0 fully saturated rings. The number of hydrogen-bond donors (Lipinski definition) is 0. The summed E-state index contributed by atoms with van der Waals surface area (Å²) < 4.78 is 6.65. The minimum absolute atomic E-state index is 0.680. The lowest BCUT2D eigenvalue weighted by molar-refractivity contribution is 0.111. The molecule has 0 N–H and O–H groups in total. The number of hydrogen-bond acceptors (Lipinski definition) is 3. The second-order valence-electron chi connectivity index (χ2n) is 6.60. The van der Waals surface area contributed by atoms with Crippen LogP contribution in [-0.4, -0.2) is 29.2 Å². The van der Waals surface area contributed by atoms with E-state index in [1.807, 2.05) is 48.5 Å². The summed E-state index contributed by atoms with van der Waals surface area (Å²) in [6.45, 7) is 8.71. The fourth-order valence-electron chi connectivity index (χ4n) is 2.68. The van der Waals surface area contributed by atoms with Crippen LogP contribution >= 0.6 is 0 Å². The summed E-state index contributed by atoms with van der Waals surface area (Å²) in [5.74, 6) is 0. The SMILES string of the molecule is C[Si](C)(O[Si](C)(C)c1ccc(C=O)cc1)c1ccc(C=O)cc1. The molecule has 0 spiro atoms. The van der Waals surface area contributed by atoms with Gasteiger partial charge in [-0.3, -0.25) is 9.59 Å². The summed E-state index contributed by atoms with van der Waals surface area (Å²) in [4.78, 5) is 21.6. The van der Waals surface area contributed by atoms with E-state index in [1.165, 1.54) is 10.4 Å². The lowest BCUT2D eigenvalue weighted by Crippen LogP contribution is -2.57. The molecule has 120 valence electrons. The van der Waals surface area contributed by atoms with E-state index in [9.17, 15) is 9.59 Å². The Morgan fingerprint density at radius 3 is 1.22 bits per heavy atom. The largest absolute Gasteiger partial charge is 0.449 e. The zero-order chi connectivity index (χ0) is 17.1. The van der Waals surface area contributed by atoms with Gasteiger partial charge in [0.15, 0.2) is 0 Å². The fraction of sp³-hybridized carbons (Fsp3) is 0.222. The maximum absolute atomic E-state index is 10.8. The van der Waals surface area contributed by atoms with Crippen molar-refractivity contribution in [1.29, 1.82) is 0 Å². The summed E-state index contributed by atoms with van der Waals surface area (Å²) in [5.41, 5.74) is 1.36. The van der Waals surface area contributed by atoms with Gasteiger partial charge in [0.1, 0.15) is 12.6 Å². The summed E-state index contributed by atoms with van der Waals surface area (Å²) in [7, 11) is -4.16. The molecule has 0 unspecified atom stereocenters. The minimum Gasteiger partial charge on any atom is -0.449 e. The van der Waals surface area contributed by atoms with Crippen molar-refractivity contribution in [3.63, 3.8) is 0 Å². The van der Waals surface area contributed by atoms with Gasteiger partial charge < -0.3 is 4.12 Å². The van der Waals surface area contributed by atoms with Crippen molar-refractivity contribution in [3.8, 4) is 0 Å². The lowest BCUT2D eigenvalue weighted by atomic mass is 10.2. The number of aldehydes is 2. The lowest BCUT2D eigenvalue weighted by Gasteiger charge is -2.34. The normalized spacial score (nSPS) is 12.0. The molecule has 0 radical (unpaired) electrons. The third-order valence-electron chi connectivity index (χ3n) is 3.99. The van der Waals surface area contributed by atoms with Crippen molar-refractivity contribution in [2.45, 2.75) is 26.2 Å². The molecule has 2 aromatic rings. The second kappa shape index (κ2) is 6.74. The fourth-order valence-corrected chi connectivity index (χ4v) is 10.7. The summed E-state index contributed by atoms with van der Waals surface area (Å²) in [6.07, 6.45) is 1.71. The van der Waals surface area contributed by atoms with Crippen molar-refractivity contribution < 1.29 is 13.7 Å². The smallest absolute Gasteiger partial charge is 0.206 e. The molecule has 0 aliphatic rings. The molecule has 0 aromatic heterocycles. The first-order valence-electron chi connectivity index (χ1n) is 7.60. The van der Waals surface area contributed by atoms with Crippen LogP contribution in [0.4, 0.5) is 0 Å². The number of rotatable bonds is 6. The van der Waals surface area contributed by atoms with E-state index in [0.717, 1.165) is 12.6 Å². The van der Waals surface area contributed by atoms with Gasteiger partial charge in [-0.25, -0.2) is 0 Å². The van der Waals surface area contributed by atoms with Crippen LogP contribution in [-0.2, 0) is 4.12 Å². The Bertz CT molecular complexity index is 628. The van der Waals surface area contributed by atoms with E-state index in [1.54, 1.807) is 0 Å².